The molecule has 1 aliphatic rings. The van der Waals surface area contributed by atoms with Crippen LogP contribution in [0.1, 0.15) is 0 Å². The molecule has 0 aliphatic carbocycles. The van der Waals surface area contributed by atoms with E-state index in [4.69, 9.17) is 0 Å². The van der Waals surface area contributed by atoms with Crippen molar-refractivity contribution in [2.75, 3.05) is 0 Å². The normalized spacial score (nSPS) is 21.7. The molecule has 0 fully saturated rings. The molecular weight excluding hydrogens is 204 g/mol. The Kier molecular flexibility index (Phi) is 1.64. The fourth-order valence-electron chi connectivity index (χ4n) is 0.960. The van der Waals surface area contributed by atoms with Gasteiger partial charge in [-0.3, -0.25) is 0 Å². The van der Waals surface area contributed by atoms with Crippen LogP contribution in [-0.2, 0) is 0 Å². The van der Waals surface area contributed by atoms with Crippen LogP contribution in [0.2, 0.25) is 0 Å². The van der Waals surface area contributed by atoms with E-state index in [9.17, 15) is 17.6 Å². The zero-order valence-corrected chi connectivity index (χ0v) is 6.56. The third kappa shape index (κ3) is 1.18. The Bertz CT molecular complexity index is 329. The van der Waals surface area contributed by atoms with E-state index >= 15 is 0 Å². The Morgan fingerprint density at radius 3 is 2.21 bits per heavy atom. The molecular formula is C8H3F4O2. The lowest BCUT2D eigenvalue weighted by atomic mass is 10.3. The van der Waals surface area contributed by atoms with Crippen LogP contribution < -0.4 is 9.47 Å². The molecule has 0 aromatic heterocycles. The Balaban J connectivity index is 2.46. The first-order valence-corrected chi connectivity index (χ1v) is 3.56. The highest BCUT2D eigenvalue weighted by Crippen LogP contribution is 2.46. The Hall–Kier alpha value is -1.46. The number of ether oxygens (including phenoxy) is 2. The van der Waals surface area contributed by atoms with Crippen LogP contribution in [0, 0.1) is 6.07 Å². The molecule has 0 unspecified atom stereocenters. The van der Waals surface area contributed by atoms with Crippen LogP contribution in [0.25, 0.3) is 0 Å². The van der Waals surface area contributed by atoms with Gasteiger partial charge >= 0.3 is 12.2 Å². The number of benzene rings is 1. The fourth-order valence-corrected chi connectivity index (χ4v) is 0.960. The monoisotopic (exact) mass is 207 g/mol. The summed E-state index contributed by atoms with van der Waals surface area (Å²) in [4.78, 5) is 0. The largest absolute Gasteiger partial charge is 0.507 e. The first-order chi connectivity index (χ1) is 6.42. The van der Waals surface area contributed by atoms with Gasteiger partial charge in [-0.25, -0.2) is 0 Å². The maximum atomic E-state index is 12.6. The Labute approximate surface area is 76.0 Å². The fraction of sp³-hybridized carbons (Fsp3) is 0.250. The Morgan fingerprint density at radius 2 is 1.57 bits per heavy atom. The summed E-state index contributed by atoms with van der Waals surface area (Å²) in [7, 11) is 0. The van der Waals surface area contributed by atoms with Crippen molar-refractivity contribution in [3.8, 4) is 11.5 Å². The molecule has 6 heteroatoms. The van der Waals surface area contributed by atoms with Crippen LogP contribution in [-0.4, -0.2) is 12.2 Å². The molecule has 14 heavy (non-hydrogen) atoms. The minimum Gasteiger partial charge on any atom is -0.421 e. The van der Waals surface area contributed by atoms with Crippen LogP contribution in [0.3, 0.4) is 0 Å². The molecule has 0 amide bonds. The molecule has 2 nitrogen and oxygen atoms in total. The van der Waals surface area contributed by atoms with Gasteiger partial charge in [-0.05, 0) is 18.2 Å². The molecule has 0 saturated carbocycles. The van der Waals surface area contributed by atoms with Gasteiger partial charge in [0.1, 0.15) is 0 Å². The van der Waals surface area contributed by atoms with Crippen molar-refractivity contribution in [2.45, 2.75) is 12.2 Å². The van der Waals surface area contributed by atoms with Crippen molar-refractivity contribution < 1.29 is 27.0 Å². The van der Waals surface area contributed by atoms with E-state index < -0.39 is 23.7 Å². The Morgan fingerprint density at radius 1 is 1.00 bits per heavy atom. The molecule has 0 bridgehead atoms. The van der Waals surface area contributed by atoms with Crippen molar-refractivity contribution in [1.82, 2.24) is 0 Å². The lowest BCUT2D eigenvalue weighted by molar-refractivity contribution is -0.391. The zero-order valence-electron chi connectivity index (χ0n) is 6.56. The van der Waals surface area contributed by atoms with E-state index in [2.05, 4.69) is 15.5 Å². The van der Waals surface area contributed by atoms with Crippen molar-refractivity contribution in [3.63, 3.8) is 0 Å². The van der Waals surface area contributed by atoms with E-state index in [-0.39, 0.29) is 0 Å². The predicted molar refractivity (Wildman–Crippen MR) is 36.4 cm³/mol. The van der Waals surface area contributed by atoms with Crippen LogP contribution in [0.5, 0.6) is 11.5 Å². The molecule has 1 radical (unpaired) electrons. The zero-order chi connectivity index (χ0) is 10.4. The van der Waals surface area contributed by atoms with Gasteiger partial charge in [-0.1, -0.05) is 6.07 Å². The average Bonchev–Trinajstić information content (AvgIpc) is 2.05. The van der Waals surface area contributed by atoms with Gasteiger partial charge in [-0.15, -0.1) is 0 Å². The quantitative estimate of drug-likeness (QED) is 0.608. The van der Waals surface area contributed by atoms with Crippen molar-refractivity contribution in [3.05, 3.63) is 24.3 Å². The SMILES string of the molecule is FC1(F)Oc2c[c]ccc2OC1(F)F. The van der Waals surface area contributed by atoms with Gasteiger partial charge in [0.05, 0.1) is 0 Å². The summed E-state index contributed by atoms with van der Waals surface area (Å²) in [5.74, 6) is -0.886. The maximum absolute atomic E-state index is 12.6. The minimum atomic E-state index is -4.66. The van der Waals surface area contributed by atoms with Crippen LogP contribution in [0.4, 0.5) is 17.6 Å². The third-order valence-electron chi connectivity index (χ3n) is 1.60. The van der Waals surface area contributed by atoms with Crippen molar-refractivity contribution in [2.24, 2.45) is 0 Å². The molecule has 0 atom stereocenters. The van der Waals surface area contributed by atoms with Crippen molar-refractivity contribution in [1.29, 1.82) is 0 Å². The van der Waals surface area contributed by atoms with Gasteiger partial charge in [0.15, 0.2) is 11.5 Å². The highest BCUT2D eigenvalue weighted by atomic mass is 19.3. The number of halogens is 4. The van der Waals surface area contributed by atoms with Gasteiger partial charge in [0.25, 0.3) is 0 Å². The molecule has 1 aromatic rings. The van der Waals surface area contributed by atoms with Crippen LogP contribution in [0.15, 0.2) is 18.2 Å². The molecule has 0 N–H and O–H groups in total. The summed E-state index contributed by atoms with van der Waals surface area (Å²) < 4.78 is 57.8. The highest BCUT2D eigenvalue weighted by Gasteiger charge is 2.65. The first-order valence-electron chi connectivity index (χ1n) is 3.56. The number of hydrogen-bond donors (Lipinski definition) is 0. The average molecular weight is 207 g/mol. The molecule has 1 aromatic carbocycles. The summed E-state index contributed by atoms with van der Waals surface area (Å²) in [5, 5.41) is 0. The minimum absolute atomic E-state index is 0.431. The molecule has 1 heterocycles. The lowest BCUT2D eigenvalue weighted by Crippen LogP contribution is -2.52. The van der Waals surface area contributed by atoms with Crippen LogP contribution >= 0.6 is 0 Å². The van der Waals surface area contributed by atoms with Gasteiger partial charge in [0, 0.05) is 0 Å². The topological polar surface area (TPSA) is 18.5 Å². The maximum Gasteiger partial charge on any atom is 0.507 e. The molecule has 0 saturated heterocycles. The van der Waals surface area contributed by atoms with E-state index in [1.807, 2.05) is 0 Å². The predicted octanol–water partition coefficient (Wildman–Crippen LogP) is 2.44. The summed E-state index contributed by atoms with van der Waals surface area (Å²) in [6.07, 6.45) is -9.31. The molecule has 2 rings (SSSR count). The second kappa shape index (κ2) is 2.52. The first kappa shape index (κ1) is 9.11. The second-order valence-corrected chi connectivity index (χ2v) is 2.61. The number of fused-ring (bicyclic) bond motifs is 1. The highest BCUT2D eigenvalue weighted by molar-refractivity contribution is 5.41. The summed E-state index contributed by atoms with van der Waals surface area (Å²) in [6.45, 7) is 0. The second-order valence-electron chi connectivity index (χ2n) is 2.61. The van der Waals surface area contributed by atoms with E-state index in [0.29, 0.717) is 0 Å². The molecule has 1 aliphatic heterocycles. The number of alkyl halides is 4. The van der Waals surface area contributed by atoms with E-state index in [1.54, 1.807) is 0 Å². The molecule has 0 spiro atoms. The van der Waals surface area contributed by atoms with Gasteiger partial charge in [0.2, 0.25) is 0 Å². The third-order valence-corrected chi connectivity index (χ3v) is 1.60. The summed E-state index contributed by atoms with van der Waals surface area (Å²) in [6, 6.07) is 5.72. The molecule has 75 valence electrons. The smallest absolute Gasteiger partial charge is 0.421 e. The van der Waals surface area contributed by atoms with Crippen molar-refractivity contribution >= 4 is 0 Å². The lowest BCUT2D eigenvalue weighted by Gasteiger charge is -2.31. The van der Waals surface area contributed by atoms with Gasteiger partial charge < -0.3 is 9.47 Å². The number of rotatable bonds is 0. The summed E-state index contributed by atoms with van der Waals surface area (Å²) >= 11 is 0. The summed E-state index contributed by atoms with van der Waals surface area (Å²) in [5.41, 5.74) is 0. The van der Waals surface area contributed by atoms with E-state index in [1.165, 1.54) is 6.07 Å². The van der Waals surface area contributed by atoms with Gasteiger partial charge in [-0.2, -0.15) is 17.6 Å². The van der Waals surface area contributed by atoms with E-state index in [0.717, 1.165) is 12.1 Å². The standard InChI is InChI=1S/C8H3F4O2/c9-7(10)8(11,12)14-6-4-2-1-3-5(6)13-7/h1,3-4H. The number of hydrogen-bond acceptors (Lipinski definition) is 2.